The average Bonchev–Trinajstić information content (AvgIpc) is 2.29. The molecule has 0 amide bonds. The van der Waals surface area contributed by atoms with Crippen molar-refractivity contribution in [3.05, 3.63) is 22.8 Å². The molecule has 90 valence electrons. The quantitative estimate of drug-likeness (QED) is 0.772. The Morgan fingerprint density at radius 3 is 2.88 bits per heavy atom. The first-order valence-corrected chi connectivity index (χ1v) is 6.05. The third-order valence-electron chi connectivity index (χ3n) is 2.21. The molecule has 0 unspecified atom stereocenters. The minimum atomic E-state index is 0.750. The Morgan fingerprint density at radius 2 is 2.25 bits per heavy atom. The van der Waals surface area contributed by atoms with Crippen molar-refractivity contribution < 1.29 is 4.74 Å². The van der Waals surface area contributed by atoms with E-state index in [9.17, 15) is 0 Å². The Bertz CT molecular complexity index is 292. The highest BCUT2D eigenvalue weighted by molar-refractivity contribution is 9.10. The molecular formula is C11H18BrN3O. The molecule has 1 N–H and O–H groups in total. The molecule has 5 heteroatoms. The van der Waals surface area contributed by atoms with Gasteiger partial charge in [-0.2, -0.15) is 0 Å². The molecule has 0 saturated heterocycles. The van der Waals surface area contributed by atoms with E-state index in [2.05, 4.69) is 31.1 Å². The van der Waals surface area contributed by atoms with Gasteiger partial charge in [-0.05, 0) is 28.1 Å². The van der Waals surface area contributed by atoms with Gasteiger partial charge in [0.2, 0.25) is 0 Å². The number of pyridine rings is 1. The summed E-state index contributed by atoms with van der Waals surface area (Å²) in [5, 5.41) is 3.29. The van der Waals surface area contributed by atoms with E-state index in [-0.39, 0.29) is 0 Å². The second-order valence-electron chi connectivity index (χ2n) is 3.50. The first kappa shape index (κ1) is 13.4. The molecule has 0 atom stereocenters. The van der Waals surface area contributed by atoms with Crippen LogP contribution in [0.4, 0.5) is 5.82 Å². The number of aromatic nitrogens is 1. The topological polar surface area (TPSA) is 37.4 Å². The molecule has 0 aliphatic heterocycles. The van der Waals surface area contributed by atoms with Crippen LogP contribution in [-0.4, -0.2) is 45.4 Å². The molecular weight excluding hydrogens is 270 g/mol. The van der Waals surface area contributed by atoms with Crippen molar-refractivity contribution in [3.8, 4) is 0 Å². The molecule has 1 rings (SSSR count). The number of ether oxygens (including phenoxy) is 1. The Balaban J connectivity index is 2.24. The molecule has 0 fully saturated rings. The summed E-state index contributed by atoms with van der Waals surface area (Å²) >= 11 is 3.37. The van der Waals surface area contributed by atoms with Crippen molar-refractivity contribution >= 4 is 21.7 Å². The third-order valence-corrected chi connectivity index (χ3v) is 2.68. The van der Waals surface area contributed by atoms with Gasteiger partial charge in [-0.1, -0.05) is 0 Å². The standard InChI is InChI=1S/C11H18BrN3O/c1-15(7-5-13-6-8-16-2)11-4-3-10(12)9-14-11/h3-4,9,13H,5-8H2,1-2H3. The van der Waals surface area contributed by atoms with Gasteiger partial charge in [0.05, 0.1) is 6.61 Å². The van der Waals surface area contributed by atoms with Crippen LogP contribution in [0.25, 0.3) is 0 Å². The fraction of sp³-hybridized carbons (Fsp3) is 0.545. The molecule has 16 heavy (non-hydrogen) atoms. The molecule has 0 bridgehead atoms. The lowest BCUT2D eigenvalue weighted by Gasteiger charge is -2.18. The second-order valence-corrected chi connectivity index (χ2v) is 4.41. The van der Waals surface area contributed by atoms with Crippen LogP contribution in [0.5, 0.6) is 0 Å². The first-order valence-electron chi connectivity index (χ1n) is 5.26. The SMILES string of the molecule is COCCNCCN(C)c1ccc(Br)cn1. The molecule has 0 spiro atoms. The first-order chi connectivity index (χ1) is 7.74. The molecule has 1 aromatic heterocycles. The number of halogens is 1. The fourth-order valence-corrected chi connectivity index (χ4v) is 1.49. The predicted molar refractivity (Wildman–Crippen MR) is 70.0 cm³/mol. The molecule has 0 aliphatic rings. The molecule has 1 aromatic rings. The summed E-state index contributed by atoms with van der Waals surface area (Å²) in [5.41, 5.74) is 0. The van der Waals surface area contributed by atoms with E-state index in [0.29, 0.717) is 0 Å². The highest BCUT2D eigenvalue weighted by Crippen LogP contribution is 2.12. The lowest BCUT2D eigenvalue weighted by molar-refractivity contribution is 0.200. The van der Waals surface area contributed by atoms with E-state index in [1.165, 1.54) is 0 Å². The van der Waals surface area contributed by atoms with Gasteiger partial charge in [0.1, 0.15) is 5.82 Å². The Hall–Kier alpha value is -0.650. The molecule has 0 aromatic carbocycles. The summed E-state index contributed by atoms with van der Waals surface area (Å²) in [7, 11) is 3.74. The monoisotopic (exact) mass is 287 g/mol. The van der Waals surface area contributed by atoms with Crippen LogP contribution in [0.3, 0.4) is 0 Å². The van der Waals surface area contributed by atoms with Gasteiger partial charge in [0.25, 0.3) is 0 Å². The number of methoxy groups -OCH3 is 1. The minimum Gasteiger partial charge on any atom is -0.383 e. The van der Waals surface area contributed by atoms with Gasteiger partial charge in [-0.15, -0.1) is 0 Å². The maximum atomic E-state index is 4.95. The van der Waals surface area contributed by atoms with E-state index in [1.807, 2.05) is 25.4 Å². The van der Waals surface area contributed by atoms with Gasteiger partial charge in [-0.25, -0.2) is 4.98 Å². The molecule has 0 radical (unpaired) electrons. The number of hydrogen-bond donors (Lipinski definition) is 1. The zero-order valence-corrected chi connectivity index (χ0v) is 11.3. The highest BCUT2D eigenvalue weighted by Gasteiger charge is 2.00. The third kappa shape index (κ3) is 4.92. The zero-order valence-electron chi connectivity index (χ0n) is 9.74. The normalized spacial score (nSPS) is 10.4. The van der Waals surface area contributed by atoms with E-state index in [1.54, 1.807) is 7.11 Å². The lowest BCUT2D eigenvalue weighted by atomic mass is 10.4. The van der Waals surface area contributed by atoms with Gasteiger partial charge in [-0.3, -0.25) is 0 Å². The number of nitrogens with one attached hydrogen (secondary N) is 1. The van der Waals surface area contributed by atoms with Crippen molar-refractivity contribution in [2.24, 2.45) is 0 Å². The summed E-state index contributed by atoms with van der Waals surface area (Å²) in [5.74, 6) is 0.983. The number of rotatable bonds is 7. The number of nitrogens with zero attached hydrogens (tertiary/aromatic N) is 2. The summed E-state index contributed by atoms with van der Waals surface area (Å²) in [6, 6.07) is 4.00. The van der Waals surface area contributed by atoms with Crippen molar-refractivity contribution in [1.82, 2.24) is 10.3 Å². The van der Waals surface area contributed by atoms with Crippen LogP contribution in [0.1, 0.15) is 0 Å². The second kappa shape index (κ2) is 7.60. The summed E-state index contributed by atoms with van der Waals surface area (Å²) in [6.45, 7) is 3.49. The lowest BCUT2D eigenvalue weighted by Crippen LogP contribution is -2.31. The molecule has 1 heterocycles. The smallest absolute Gasteiger partial charge is 0.128 e. The van der Waals surface area contributed by atoms with E-state index < -0.39 is 0 Å². The Morgan fingerprint density at radius 1 is 1.44 bits per heavy atom. The minimum absolute atomic E-state index is 0.750. The van der Waals surface area contributed by atoms with Gasteiger partial charge in [0, 0.05) is 44.5 Å². The van der Waals surface area contributed by atoms with Crippen LogP contribution >= 0.6 is 15.9 Å². The summed E-state index contributed by atoms with van der Waals surface area (Å²) in [6.07, 6.45) is 1.81. The van der Waals surface area contributed by atoms with Crippen LogP contribution in [-0.2, 0) is 4.74 Å². The maximum Gasteiger partial charge on any atom is 0.128 e. The van der Waals surface area contributed by atoms with Gasteiger partial charge in [0.15, 0.2) is 0 Å². The molecule has 4 nitrogen and oxygen atoms in total. The van der Waals surface area contributed by atoms with Crippen molar-refractivity contribution in [2.75, 3.05) is 45.3 Å². The highest BCUT2D eigenvalue weighted by atomic mass is 79.9. The zero-order chi connectivity index (χ0) is 11.8. The summed E-state index contributed by atoms with van der Waals surface area (Å²) < 4.78 is 5.96. The number of likely N-dealkylation sites (N-methyl/N-ethyl adjacent to an activating group) is 1. The van der Waals surface area contributed by atoms with E-state index in [4.69, 9.17) is 4.74 Å². The van der Waals surface area contributed by atoms with Crippen LogP contribution in [0.15, 0.2) is 22.8 Å². The van der Waals surface area contributed by atoms with Crippen LogP contribution in [0, 0.1) is 0 Å². The maximum absolute atomic E-state index is 4.95. The number of hydrogen-bond acceptors (Lipinski definition) is 4. The summed E-state index contributed by atoms with van der Waals surface area (Å²) in [4.78, 5) is 6.44. The van der Waals surface area contributed by atoms with Gasteiger partial charge < -0.3 is 15.0 Å². The predicted octanol–water partition coefficient (Wildman–Crippen LogP) is 1.52. The molecule has 0 aliphatic carbocycles. The van der Waals surface area contributed by atoms with Gasteiger partial charge >= 0.3 is 0 Å². The largest absolute Gasteiger partial charge is 0.383 e. The van der Waals surface area contributed by atoms with Crippen LogP contribution < -0.4 is 10.2 Å². The average molecular weight is 288 g/mol. The van der Waals surface area contributed by atoms with E-state index in [0.717, 1.165) is 36.5 Å². The van der Waals surface area contributed by atoms with E-state index >= 15 is 0 Å². The van der Waals surface area contributed by atoms with Crippen molar-refractivity contribution in [1.29, 1.82) is 0 Å². The molecule has 0 saturated carbocycles. The van der Waals surface area contributed by atoms with Crippen molar-refractivity contribution in [3.63, 3.8) is 0 Å². The van der Waals surface area contributed by atoms with Crippen LogP contribution in [0.2, 0.25) is 0 Å². The van der Waals surface area contributed by atoms with Crippen molar-refractivity contribution in [2.45, 2.75) is 0 Å². The number of anilines is 1. The fourth-order valence-electron chi connectivity index (χ4n) is 1.25. The Kier molecular flexibility index (Phi) is 6.37. The Labute approximate surface area is 105 Å².